The number of nitrogens with one attached hydrogen (secondary N) is 1. The molecule has 1 amide bonds. The molecule has 0 aromatic heterocycles. The SMILES string of the molecule is CCC(NC(=O)c1ccc(CS(=O)(=O)N2CCOCC2)cc1)c1ccc(OC)c(C)c1. The fraction of sp³-hybridized carbons (Fsp3) is 0.435. The highest BCUT2D eigenvalue weighted by Crippen LogP contribution is 2.24. The van der Waals surface area contributed by atoms with E-state index in [4.69, 9.17) is 9.47 Å². The van der Waals surface area contributed by atoms with Crippen LogP contribution in [0.25, 0.3) is 0 Å². The summed E-state index contributed by atoms with van der Waals surface area (Å²) in [5.74, 6) is 0.535. The van der Waals surface area contributed by atoms with Gasteiger partial charge in [-0.1, -0.05) is 31.2 Å². The number of sulfonamides is 1. The van der Waals surface area contributed by atoms with Crippen molar-refractivity contribution in [2.75, 3.05) is 33.4 Å². The van der Waals surface area contributed by atoms with Gasteiger partial charge < -0.3 is 14.8 Å². The second-order valence-electron chi connectivity index (χ2n) is 7.63. The first-order chi connectivity index (χ1) is 14.8. The van der Waals surface area contributed by atoms with Crippen LogP contribution in [-0.4, -0.2) is 52.0 Å². The molecule has 0 radical (unpaired) electrons. The Kier molecular flexibility index (Phi) is 7.69. The van der Waals surface area contributed by atoms with Gasteiger partial charge in [0.1, 0.15) is 5.75 Å². The van der Waals surface area contributed by atoms with E-state index in [9.17, 15) is 13.2 Å². The first-order valence-electron chi connectivity index (χ1n) is 10.4. The van der Waals surface area contributed by atoms with Crippen LogP contribution >= 0.6 is 0 Å². The molecule has 1 fully saturated rings. The van der Waals surface area contributed by atoms with Gasteiger partial charge >= 0.3 is 0 Å². The van der Waals surface area contributed by atoms with E-state index >= 15 is 0 Å². The fourth-order valence-electron chi connectivity index (χ4n) is 3.66. The Morgan fingerprint density at radius 2 is 1.84 bits per heavy atom. The van der Waals surface area contributed by atoms with Gasteiger partial charge in [-0.05, 0) is 48.2 Å². The molecule has 2 aromatic rings. The van der Waals surface area contributed by atoms with Crippen LogP contribution in [0.5, 0.6) is 5.75 Å². The van der Waals surface area contributed by atoms with Crippen molar-refractivity contribution >= 4 is 15.9 Å². The van der Waals surface area contributed by atoms with Gasteiger partial charge in [0.15, 0.2) is 0 Å². The van der Waals surface area contributed by atoms with Gasteiger partial charge in [0.05, 0.1) is 32.1 Å². The van der Waals surface area contributed by atoms with Crippen molar-refractivity contribution in [3.05, 3.63) is 64.7 Å². The molecule has 168 valence electrons. The lowest BCUT2D eigenvalue weighted by Gasteiger charge is -2.26. The predicted octanol–water partition coefficient (Wildman–Crippen LogP) is 3.05. The van der Waals surface area contributed by atoms with E-state index in [1.165, 1.54) is 4.31 Å². The summed E-state index contributed by atoms with van der Waals surface area (Å²) in [6.45, 7) is 5.60. The smallest absolute Gasteiger partial charge is 0.251 e. The number of morpholine rings is 1. The van der Waals surface area contributed by atoms with Gasteiger partial charge in [-0.2, -0.15) is 4.31 Å². The van der Waals surface area contributed by atoms with Crippen LogP contribution in [0.4, 0.5) is 0 Å². The van der Waals surface area contributed by atoms with Crippen LogP contribution < -0.4 is 10.1 Å². The summed E-state index contributed by atoms with van der Waals surface area (Å²) in [6.07, 6.45) is 0.743. The summed E-state index contributed by atoms with van der Waals surface area (Å²) in [6, 6.07) is 12.5. The van der Waals surface area contributed by atoms with Crippen molar-refractivity contribution in [2.45, 2.75) is 32.1 Å². The molecule has 0 spiro atoms. The molecule has 0 bridgehead atoms. The number of carbonyl (C=O) groups excluding carboxylic acids is 1. The molecule has 3 rings (SSSR count). The second-order valence-corrected chi connectivity index (χ2v) is 9.60. The van der Waals surface area contributed by atoms with Gasteiger partial charge in [-0.15, -0.1) is 0 Å². The molecule has 0 saturated carbocycles. The average Bonchev–Trinajstić information content (AvgIpc) is 2.78. The van der Waals surface area contributed by atoms with Crippen LogP contribution in [0.2, 0.25) is 0 Å². The Bertz CT molecular complexity index is 999. The van der Waals surface area contributed by atoms with Crippen molar-refractivity contribution in [1.29, 1.82) is 0 Å². The highest BCUT2D eigenvalue weighted by molar-refractivity contribution is 7.88. The molecule has 2 aromatic carbocycles. The number of amides is 1. The summed E-state index contributed by atoms with van der Waals surface area (Å²) < 4.78 is 37.1. The lowest BCUT2D eigenvalue weighted by atomic mass is 10.0. The number of hydrogen-bond donors (Lipinski definition) is 1. The van der Waals surface area contributed by atoms with Crippen molar-refractivity contribution in [1.82, 2.24) is 9.62 Å². The third-order valence-corrected chi connectivity index (χ3v) is 7.31. The summed E-state index contributed by atoms with van der Waals surface area (Å²) in [5.41, 5.74) is 3.18. The topological polar surface area (TPSA) is 84.9 Å². The van der Waals surface area contributed by atoms with E-state index in [1.807, 2.05) is 32.0 Å². The van der Waals surface area contributed by atoms with E-state index in [-0.39, 0.29) is 17.7 Å². The highest BCUT2D eigenvalue weighted by Gasteiger charge is 2.24. The minimum atomic E-state index is -3.40. The van der Waals surface area contributed by atoms with Crippen molar-refractivity contribution in [3.8, 4) is 5.75 Å². The Balaban J connectivity index is 1.66. The number of aryl methyl sites for hydroxylation is 1. The molecular formula is C23H30N2O5S. The Morgan fingerprint density at radius 3 is 2.42 bits per heavy atom. The zero-order valence-corrected chi connectivity index (χ0v) is 19.1. The van der Waals surface area contributed by atoms with Crippen molar-refractivity contribution in [2.24, 2.45) is 0 Å². The molecule has 1 heterocycles. The van der Waals surface area contributed by atoms with E-state index in [0.717, 1.165) is 23.3 Å². The monoisotopic (exact) mass is 446 g/mol. The minimum Gasteiger partial charge on any atom is -0.496 e. The number of nitrogens with zero attached hydrogens (tertiary/aromatic N) is 1. The molecule has 7 nitrogen and oxygen atoms in total. The van der Waals surface area contributed by atoms with Crippen LogP contribution in [0.3, 0.4) is 0 Å². The molecule has 1 aliphatic heterocycles. The third-order valence-electron chi connectivity index (χ3n) is 5.46. The number of carbonyl (C=O) groups is 1. The van der Waals surface area contributed by atoms with Gasteiger partial charge in [0.25, 0.3) is 5.91 Å². The van der Waals surface area contributed by atoms with E-state index in [2.05, 4.69) is 5.32 Å². The summed E-state index contributed by atoms with van der Waals surface area (Å²) in [5, 5.41) is 3.06. The quantitative estimate of drug-likeness (QED) is 0.674. The maximum atomic E-state index is 12.8. The summed E-state index contributed by atoms with van der Waals surface area (Å²) >= 11 is 0. The van der Waals surface area contributed by atoms with Crippen molar-refractivity contribution in [3.63, 3.8) is 0 Å². The predicted molar refractivity (Wildman–Crippen MR) is 120 cm³/mol. The molecular weight excluding hydrogens is 416 g/mol. The number of rotatable bonds is 8. The highest BCUT2D eigenvalue weighted by atomic mass is 32.2. The zero-order chi connectivity index (χ0) is 22.4. The van der Waals surface area contributed by atoms with Crippen LogP contribution in [-0.2, 0) is 20.5 Å². The molecule has 31 heavy (non-hydrogen) atoms. The van der Waals surface area contributed by atoms with Gasteiger partial charge in [0.2, 0.25) is 10.0 Å². The molecule has 8 heteroatoms. The fourth-order valence-corrected chi connectivity index (χ4v) is 5.16. The zero-order valence-electron chi connectivity index (χ0n) is 18.3. The minimum absolute atomic E-state index is 0.0857. The second kappa shape index (κ2) is 10.3. The molecule has 1 unspecified atom stereocenters. The van der Waals surface area contributed by atoms with Gasteiger partial charge in [-0.3, -0.25) is 4.79 Å². The lowest BCUT2D eigenvalue weighted by Crippen LogP contribution is -2.41. The van der Waals surface area contributed by atoms with Crippen LogP contribution in [0.1, 0.15) is 46.4 Å². The molecule has 1 N–H and O–H groups in total. The Labute approximate surface area is 184 Å². The number of ether oxygens (including phenoxy) is 2. The van der Waals surface area contributed by atoms with Crippen LogP contribution in [0.15, 0.2) is 42.5 Å². The first kappa shape index (κ1) is 23.2. The lowest BCUT2D eigenvalue weighted by molar-refractivity contribution is 0.0729. The summed E-state index contributed by atoms with van der Waals surface area (Å²) in [4.78, 5) is 12.8. The molecule has 1 aliphatic rings. The first-order valence-corrected chi connectivity index (χ1v) is 12.0. The van der Waals surface area contributed by atoms with E-state index < -0.39 is 10.0 Å². The molecule has 1 atom stereocenters. The van der Waals surface area contributed by atoms with Gasteiger partial charge in [0, 0.05) is 18.7 Å². The maximum Gasteiger partial charge on any atom is 0.251 e. The van der Waals surface area contributed by atoms with Crippen molar-refractivity contribution < 1.29 is 22.7 Å². The third kappa shape index (κ3) is 5.84. The largest absolute Gasteiger partial charge is 0.496 e. The van der Waals surface area contributed by atoms with E-state index in [0.29, 0.717) is 37.4 Å². The molecule has 0 aliphatic carbocycles. The maximum absolute atomic E-state index is 12.8. The van der Waals surface area contributed by atoms with Crippen LogP contribution in [0, 0.1) is 6.92 Å². The van der Waals surface area contributed by atoms with E-state index in [1.54, 1.807) is 31.4 Å². The Hall–Kier alpha value is -2.42. The number of benzene rings is 2. The van der Waals surface area contributed by atoms with Gasteiger partial charge in [-0.25, -0.2) is 8.42 Å². The average molecular weight is 447 g/mol. The molecule has 1 saturated heterocycles. The summed E-state index contributed by atoms with van der Waals surface area (Å²) in [7, 11) is -1.76. The normalized spacial score (nSPS) is 16.0. The number of methoxy groups -OCH3 is 1. The Morgan fingerprint density at radius 1 is 1.16 bits per heavy atom. The number of hydrogen-bond acceptors (Lipinski definition) is 5. The standard InChI is InChI=1S/C23H30N2O5S/c1-4-21(20-9-10-22(29-3)17(2)15-20)24-23(26)19-7-5-18(6-8-19)16-31(27,28)25-11-13-30-14-12-25/h5-10,15,21H,4,11-14,16H2,1-3H3,(H,24,26).